The smallest absolute Gasteiger partial charge is 0.270 e. The summed E-state index contributed by atoms with van der Waals surface area (Å²) in [5, 5.41) is 1.31. The molecular weight excluding hydrogens is 300 g/mol. The Balaban J connectivity index is 2.01. The van der Waals surface area contributed by atoms with E-state index in [2.05, 4.69) is 42.2 Å². The zero-order valence-electron chi connectivity index (χ0n) is 13.6. The molecule has 1 aromatic carbocycles. The number of pyridine rings is 1. The van der Waals surface area contributed by atoms with E-state index in [4.69, 9.17) is 5.73 Å². The molecule has 1 aliphatic carbocycles. The molecule has 3 heteroatoms. The number of aryl methyl sites for hydroxylation is 2. The van der Waals surface area contributed by atoms with Crippen LogP contribution in [0.3, 0.4) is 0 Å². The van der Waals surface area contributed by atoms with Gasteiger partial charge in [0.25, 0.3) is 4.83 Å². The van der Waals surface area contributed by atoms with E-state index < -0.39 is 0 Å². The fraction of sp³-hybridized carbons (Fsp3) is 0.350. The summed E-state index contributed by atoms with van der Waals surface area (Å²) in [5.41, 5.74) is 13.0. The quantitative estimate of drug-likeness (QED) is 0.739. The Morgan fingerprint density at radius 2 is 1.91 bits per heavy atom. The lowest BCUT2D eigenvalue weighted by atomic mass is 9.93. The van der Waals surface area contributed by atoms with E-state index in [0.717, 1.165) is 18.5 Å². The number of fused-ring (bicyclic) bond motifs is 3. The Morgan fingerprint density at radius 1 is 1.13 bits per heavy atom. The average molecular weight is 323 g/mol. The topological polar surface area (TPSA) is 40.2 Å². The third-order valence-corrected chi connectivity index (χ3v) is 6.08. The summed E-state index contributed by atoms with van der Waals surface area (Å²) in [6.07, 6.45) is 7.13. The number of rotatable bonds is 3. The molecule has 0 atom stereocenters. The number of hydrogen-bond donors (Lipinski definition) is 1. The molecule has 0 saturated heterocycles. The fourth-order valence-electron chi connectivity index (χ4n) is 3.77. The van der Waals surface area contributed by atoms with Gasteiger partial charge in [0.2, 0.25) is 5.69 Å². The van der Waals surface area contributed by atoms with Crippen LogP contribution in [0, 0.1) is 0 Å². The minimum absolute atomic E-state index is 1.01. The van der Waals surface area contributed by atoms with Crippen molar-refractivity contribution in [2.75, 3.05) is 5.73 Å². The molecule has 4 rings (SSSR count). The zero-order chi connectivity index (χ0) is 15.8. The van der Waals surface area contributed by atoms with Crippen molar-refractivity contribution in [2.45, 2.75) is 45.4 Å². The van der Waals surface area contributed by atoms with Crippen LogP contribution in [0.2, 0.25) is 0 Å². The number of benzene rings is 1. The highest BCUT2D eigenvalue weighted by atomic mass is 32.1. The first-order valence-corrected chi connectivity index (χ1v) is 9.44. The number of nitrogens with two attached hydrogens (primary N) is 1. The van der Waals surface area contributed by atoms with Gasteiger partial charge in [0, 0.05) is 16.0 Å². The van der Waals surface area contributed by atoms with E-state index in [-0.39, 0.29) is 0 Å². The van der Waals surface area contributed by atoms with Crippen molar-refractivity contribution in [3.63, 3.8) is 0 Å². The van der Waals surface area contributed by atoms with E-state index in [0.29, 0.717) is 0 Å². The first kappa shape index (κ1) is 14.7. The van der Waals surface area contributed by atoms with Crippen LogP contribution in [0.1, 0.15) is 42.2 Å². The Morgan fingerprint density at radius 3 is 2.70 bits per heavy atom. The highest BCUT2D eigenvalue weighted by molar-refractivity contribution is 7.18. The van der Waals surface area contributed by atoms with Crippen LogP contribution in [0.15, 0.2) is 30.3 Å². The van der Waals surface area contributed by atoms with Crippen molar-refractivity contribution in [2.24, 2.45) is 0 Å². The number of H-pyrrole nitrogens is 1. The minimum atomic E-state index is 1.01. The second-order valence-electron chi connectivity index (χ2n) is 6.42. The molecule has 2 nitrogen and oxygen atoms in total. The van der Waals surface area contributed by atoms with Gasteiger partial charge in [0.15, 0.2) is 0 Å². The van der Waals surface area contributed by atoms with Gasteiger partial charge in [-0.25, -0.2) is 0 Å². The first-order valence-electron chi connectivity index (χ1n) is 8.63. The first-order chi connectivity index (χ1) is 11.3. The lowest BCUT2D eigenvalue weighted by molar-refractivity contribution is -0.328. The molecule has 0 aliphatic heterocycles. The van der Waals surface area contributed by atoms with Crippen molar-refractivity contribution in [3.05, 3.63) is 46.3 Å². The maximum atomic E-state index is 6.70. The number of nitrogens with one attached hydrogen (secondary N) is 1. The summed E-state index contributed by atoms with van der Waals surface area (Å²) >= 11 is 1.91. The van der Waals surface area contributed by atoms with Gasteiger partial charge in [-0.3, -0.25) is 0 Å². The number of aromatic amines is 1. The second kappa shape index (κ2) is 5.97. The van der Waals surface area contributed by atoms with Crippen molar-refractivity contribution in [1.29, 1.82) is 0 Å². The number of anilines is 1. The number of nitrogen functional groups attached to an aromatic ring is 1. The van der Waals surface area contributed by atoms with Crippen molar-refractivity contribution >= 4 is 27.2 Å². The second-order valence-corrected chi connectivity index (χ2v) is 7.53. The molecule has 0 amide bonds. The normalized spacial score (nSPS) is 14.1. The highest BCUT2D eigenvalue weighted by Crippen LogP contribution is 2.40. The SMILES string of the molecule is CCCc1c(-c2ccccc2)[nH+]c2sc3c(c2c1N)CCCC3. The molecule has 0 radical (unpaired) electrons. The number of aromatic nitrogens is 1. The molecule has 0 fully saturated rings. The molecule has 23 heavy (non-hydrogen) atoms. The molecular formula is C20H23N2S+. The lowest BCUT2D eigenvalue weighted by Crippen LogP contribution is -2.14. The zero-order valence-corrected chi connectivity index (χ0v) is 14.4. The minimum Gasteiger partial charge on any atom is -0.398 e. The van der Waals surface area contributed by atoms with E-state index >= 15 is 0 Å². The van der Waals surface area contributed by atoms with Crippen molar-refractivity contribution < 1.29 is 4.98 Å². The summed E-state index contributed by atoms with van der Waals surface area (Å²) < 4.78 is 0. The number of hydrogen-bond acceptors (Lipinski definition) is 2. The van der Waals surface area contributed by atoms with E-state index in [1.54, 1.807) is 4.88 Å². The Labute approximate surface area is 141 Å². The summed E-state index contributed by atoms with van der Waals surface area (Å²) in [7, 11) is 0. The fourth-order valence-corrected chi connectivity index (χ4v) is 5.08. The van der Waals surface area contributed by atoms with Gasteiger partial charge in [-0.2, -0.15) is 4.98 Å². The van der Waals surface area contributed by atoms with Crippen LogP contribution in [0.25, 0.3) is 21.5 Å². The van der Waals surface area contributed by atoms with E-state index in [1.807, 2.05) is 11.3 Å². The molecule has 0 spiro atoms. The molecule has 2 heterocycles. The molecule has 0 unspecified atom stereocenters. The van der Waals surface area contributed by atoms with E-state index in [9.17, 15) is 0 Å². The van der Waals surface area contributed by atoms with Gasteiger partial charge in [-0.05, 0) is 49.8 Å². The van der Waals surface area contributed by atoms with Crippen LogP contribution in [0.4, 0.5) is 5.69 Å². The van der Waals surface area contributed by atoms with Crippen molar-refractivity contribution in [3.8, 4) is 11.3 Å². The highest BCUT2D eigenvalue weighted by Gasteiger charge is 2.26. The van der Waals surface area contributed by atoms with Gasteiger partial charge in [0.1, 0.15) is 0 Å². The third kappa shape index (κ3) is 2.43. The van der Waals surface area contributed by atoms with E-state index in [1.165, 1.54) is 58.3 Å². The molecule has 0 bridgehead atoms. The monoisotopic (exact) mass is 323 g/mol. The van der Waals surface area contributed by atoms with Crippen LogP contribution in [0.5, 0.6) is 0 Å². The standard InChI is InChI=1S/C20H22N2S/c1-2-8-15-18(21)17-14-11-6-7-12-16(14)23-20(17)22-19(15)13-9-4-3-5-10-13/h3-5,9-10H,2,6-8,11-12H2,1H3,(H2,21,22)/p+1. The van der Waals surface area contributed by atoms with Gasteiger partial charge >= 0.3 is 0 Å². The van der Waals surface area contributed by atoms with Gasteiger partial charge in [0.05, 0.1) is 11.1 Å². The summed E-state index contributed by atoms with van der Waals surface area (Å²) in [6.45, 7) is 2.22. The molecule has 0 saturated carbocycles. The lowest BCUT2D eigenvalue weighted by Gasteiger charge is -2.12. The molecule has 3 N–H and O–H groups in total. The van der Waals surface area contributed by atoms with Crippen LogP contribution < -0.4 is 10.7 Å². The van der Waals surface area contributed by atoms with Gasteiger partial charge < -0.3 is 5.73 Å². The summed E-state index contributed by atoms with van der Waals surface area (Å²) in [4.78, 5) is 6.53. The Kier molecular flexibility index (Phi) is 3.82. The third-order valence-electron chi connectivity index (χ3n) is 4.87. The van der Waals surface area contributed by atoms with Crippen molar-refractivity contribution in [1.82, 2.24) is 0 Å². The predicted octanol–water partition coefficient (Wildman–Crippen LogP) is 4.80. The Bertz CT molecular complexity index is 849. The molecule has 1 aliphatic rings. The van der Waals surface area contributed by atoms with Gasteiger partial charge in [-0.15, -0.1) is 0 Å². The summed E-state index contributed by atoms with van der Waals surface area (Å²) in [5.74, 6) is 0. The average Bonchev–Trinajstić information content (AvgIpc) is 2.96. The Hall–Kier alpha value is -1.87. The largest absolute Gasteiger partial charge is 0.398 e. The number of thiophene rings is 1. The van der Waals surface area contributed by atoms with Gasteiger partial charge in [-0.1, -0.05) is 42.9 Å². The van der Waals surface area contributed by atoms with Crippen LogP contribution >= 0.6 is 11.3 Å². The van der Waals surface area contributed by atoms with Crippen LogP contribution in [-0.2, 0) is 19.3 Å². The molecule has 118 valence electrons. The predicted molar refractivity (Wildman–Crippen MR) is 98.9 cm³/mol. The summed E-state index contributed by atoms with van der Waals surface area (Å²) in [6, 6.07) is 10.6. The maximum Gasteiger partial charge on any atom is 0.270 e. The molecule has 3 aromatic rings. The molecule has 2 aromatic heterocycles. The maximum absolute atomic E-state index is 6.70. The van der Waals surface area contributed by atoms with Crippen LogP contribution in [-0.4, -0.2) is 0 Å².